The molecule has 0 aromatic rings. The molecule has 4 nitrogen and oxygen atoms in total. The maximum absolute atomic E-state index is 12.6. The Balaban J connectivity index is 2.19. The van der Waals surface area contributed by atoms with Crippen LogP contribution in [0.1, 0.15) is 52.4 Å². The largest absolute Gasteiger partial charge is 0.332 e. The summed E-state index contributed by atoms with van der Waals surface area (Å²) in [6.07, 6.45) is 4.15. The van der Waals surface area contributed by atoms with Crippen molar-refractivity contribution in [3.63, 3.8) is 0 Å². The van der Waals surface area contributed by atoms with E-state index in [0.29, 0.717) is 19.4 Å². The standard InChI is InChI=1S/C16H21NO3/c1-3-12(18)14-15(20)10(2)11-6-4-7-13(19)17-9-5-8-16(11,14)17/h14H,3-9H2,1-2H3/t14?,16-/m0/s1. The Morgan fingerprint density at radius 1 is 1.30 bits per heavy atom. The number of ketones is 2. The summed E-state index contributed by atoms with van der Waals surface area (Å²) in [5, 5.41) is 0. The zero-order valence-corrected chi connectivity index (χ0v) is 12.2. The number of carbonyl (C=O) groups is 3. The number of amides is 1. The molecule has 2 atom stereocenters. The molecule has 3 rings (SSSR count). The molecule has 108 valence electrons. The SMILES string of the molecule is CCC(=O)C1C(=O)C(C)=C2CCCC(=O)N3CCC[C@]213. The van der Waals surface area contributed by atoms with Crippen LogP contribution in [0.15, 0.2) is 11.1 Å². The summed E-state index contributed by atoms with van der Waals surface area (Å²) in [6.45, 7) is 4.34. The van der Waals surface area contributed by atoms with Gasteiger partial charge in [0.2, 0.25) is 5.91 Å². The Hall–Kier alpha value is -1.45. The molecule has 1 spiro atoms. The second-order valence-corrected chi connectivity index (χ2v) is 6.15. The summed E-state index contributed by atoms with van der Waals surface area (Å²) >= 11 is 0. The molecule has 0 N–H and O–H groups in total. The van der Waals surface area contributed by atoms with Gasteiger partial charge >= 0.3 is 0 Å². The summed E-state index contributed by atoms with van der Waals surface area (Å²) in [5.74, 6) is -0.555. The van der Waals surface area contributed by atoms with Crippen LogP contribution in [0.3, 0.4) is 0 Å². The molecule has 0 aromatic heterocycles. The smallest absolute Gasteiger partial charge is 0.223 e. The first-order chi connectivity index (χ1) is 9.54. The van der Waals surface area contributed by atoms with Gasteiger partial charge in [0.25, 0.3) is 0 Å². The van der Waals surface area contributed by atoms with E-state index >= 15 is 0 Å². The van der Waals surface area contributed by atoms with Crippen molar-refractivity contribution in [2.75, 3.05) is 6.54 Å². The fourth-order valence-corrected chi connectivity index (χ4v) is 4.46. The monoisotopic (exact) mass is 275 g/mol. The fourth-order valence-electron chi connectivity index (χ4n) is 4.46. The van der Waals surface area contributed by atoms with Crippen molar-refractivity contribution < 1.29 is 14.4 Å². The predicted octanol–water partition coefficient (Wildman–Crippen LogP) is 2.03. The van der Waals surface area contributed by atoms with E-state index < -0.39 is 11.5 Å². The molecule has 20 heavy (non-hydrogen) atoms. The van der Waals surface area contributed by atoms with E-state index in [9.17, 15) is 14.4 Å². The van der Waals surface area contributed by atoms with Crippen LogP contribution in [-0.4, -0.2) is 34.5 Å². The zero-order chi connectivity index (χ0) is 14.5. The van der Waals surface area contributed by atoms with Crippen molar-refractivity contribution in [1.82, 2.24) is 4.90 Å². The number of carbonyl (C=O) groups excluding carboxylic acids is 3. The summed E-state index contributed by atoms with van der Waals surface area (Å²) in [6, 6.07) is 0. The molecule has 4 heteroatoms. The van der Waals surface area contributed by atoms with Gasteiger partial charge in [0, 0.05) is 19.4 Å². The molecule has 2 fully saturated rings. The van der Waals surface area contributed by atoms with Gasteiger partial charge in [-0.05, 0) is 43.8 Å². The Morgan fingerprint density at radius 2 is 2.05 bits per heavy atom. The third-order valence-electron chi connectivity index (χ3n) is 5.29. The van der Waals surface area contributed by atoms with Gasteiger partial charge < -0.3 is 4.90 Å². The number of rotatable bonds is 2. The molecule has 3 aliphatic rings. The normalized spacial score (nSPS) is 33.3. The molecule has 2 aliphatic heterocycles. The van der Waals surface area contributed by atoms with Gasteiger partial charge in [-0.3, -0.25) is 14.4 Å². The van der Waals surface area contributed by atoms with Crippen molar-refractivity contribution in [2.24, 2.45) is 5.92 Å². The quantitative estimate of drug-likeness (QED) is 0.725. The van der Waals surface area contributed by atoms with Gasteiger partial charge in [0.05, 0.1) is 5.54 Å². The van der Waals surface area contributed by atoms with Crippen molar-refractivity contribution in [3.8, 4) is 0 Å². The van der Waals surface area contributed by atoms with Crippen LogP contribution in [0.25, 0.3) is 0 Å². The molecule has 0 radical (unpaired) electrons. The lowest BCUT2D eigenvalue weighted by Gasteiger charge is -2.40. The number of allylic oxidation sites excluding steroid dienone is 1. The first-order valence-electron chi connectivity index (χ1n) is 7.61. The maximum atomic E-state index is 12.6. The molecule has 2 heterocycles. The highest BCUT2D eigenvalue weighted by molar-refractivity contribution is 6.15. The summed E-state index contributed by atoms with van der Waals surface area (Å²) < 4.78 is 0. The van der Waals surface area contributed by atoms with Gasteiger partial charge in [-0.1, -0.05) is 6.92 Å². The van der Waals surface area contributed by atoms with Crippen LogP contribution in [0.2, 0.25) is 0 Å². The van der Waals surface area contributed by atoms with Gasteiger partial charge in [0.15, 0.2) is 5.78 Å². The Kier molecular flexibility index (Phi) is 3.07. The number of nitrogens with zero attached hydrogens (tertiary/aromatic N) is 1. The van der Waals surface area contributed by atoms with Crippen LogP contribution >= 0.6 is 0 Å². The Morgan fingerprint density at radius 3 is 2.75 bits per heavy atom. The highest BCUT2D eigenvalue weighted by atomic mass is 16.2. The predicted molar refractivity (Wildman–Crippen MR) is 74.0 cm³/mol. The molecule has 1 amide bonds. The molecule has 1 aliphatic carbocycles. The van der Waals surface area contributed by atoms with Gasteiger partial charge in [0.1, 0.15) is 11.7 Å². The number of hydrogen-bond acceptors (Lipinski definition) is 3. The highest BCUT2D eigenvalue weighted by Crippen LogP contribution is 2.52. The third kappa shape index (κ3) is 1.51. The lowest BCUT2D eigenvalue weighted by Crippen LogP contribution is -2.54. The van der Waals surface area contributed by atoms with Crippen LogP contribution in [0.4, 0.5) is 0 Å². The molecule has 1 unspecified atom stereocenters. The summed E-state index contributed by atoms with van der Waals surface area (Å²) in [4.78, 5) is 39.3. The average molecular weight is 275 g/mol. The Bertz CT molecular complexity index is 534. The van der Waals surface area contributed by atoms with E-state index in [1.54, 1.807) is 6.92 Å². The van der Waals surface area contributed by atoms with Gasteiger partial charge in [-0.15, -0.1) is 0 Å². The van der Waals surface area contributed by atoms with Crippen molar-refractivity contribution in [1.29, 1.82) is 0 Å². The molecule has 0 saturated carbocycles. The van der Waals surface area contributed by atoms with E-state index in [1.165, 1.54) is 0 Å². The van der Waals surface area contributed by atoms with Crippen molar-refractivity contribution >= 4 is 17.5 Å². The first kappa shape index (κ1) is 13.5. The van der Waals surface area contributed by atoms with Crippen LogP contribution < -0.4 is 0 Å². The second-order valence-electron chi connectivity index (χ2n) is 6.15. The molecular formula is C16H21NO3. The molecule has 0 aromatic carbocycles. The number of hydrogen-bond donors (Lipinski definition) is 0. The van der Waals surface area contributed by atoms with Gasteiger partial charge in [-0.25, -0.2) is 0 Å². The fraction of sp³-hybridized carbons (Fsp3) is 0.688. The second kappa shape index (κ2) is 4.54. The van der Waals surface area contributed by atoms with E-state index in [4.69, 9.17) is 0 Å². The summed E-state index contributed by atoms with van der Waals surface area (Å²) in [5.41, 5.74) is 1.23. The third-order valence-corrected chi connectivity index (χ3v) is 5.29. The lowest BCUT2D eigenvalue weighted by atomic mass is 9.76. The minimum Gasteiger partial charge on any atom is -0.332 e. The van der Waals surface area contributed by atoms with Crippen LogP contribution in [0.5, 0.6) is 0 Å². The van der Waals surface area contributed by atoms with Gasteiger partial charge in [-0.2, -0.15) is 0 Å². The van der Waals surface area contributed by atoms with Crippen molar-refractivity contribution in [3.05, 3.63) is 11.1 Å². The minimum absolute atomic E-state index is 0.00838. The number of Topliss-reactive ketones (excluding diaryl/α,β-unsaturated/α-hetero) is 2. The first-order valence-corrected chi connectivity index (χ1v) is 7.61. The minimum atomic E-state index is -0.632. The maximum Gasteiger partial charge on any atom is 0.223 e. The molecule has 0 bridgehead atoms. The van der Waals surface area contributed by atoms with E-state index in [0.717, 1.165) is 36.8 Å². The Labute approximate surface area is 119 Å². The zero-order valence-electron chi connectivity index (χ0n) is 12.2. The van der Waals surface area contributed by atoms with E-state index in [-0.39, 0.29) is 17.5 Å². The average Bonchev–Trinajstić information content (AvgIpc) is 2.90. The van der Waals surface area contributed by atoms with Crippen LogP contribution in [0, 0.1) is 5.92 Å². The lowest BCUT2D eigenvalue weighted by molar-refractivity contribution is -0.140. The van der Waals surface area contributed by atoms with Crippen LogP contribution in [-0.2, 0) is 14.4 Å². The van der Waals surface area contributed by atoms with E-state index in [2.05, 4.69) is 0 Å². The van der Waals surface area contributed by atoms with Crippen molar-refractivity contribution in [2.45, 2.75) is 57.9 Å². The molecule has 2 saturated heterocycles. The van der Waals surface area contributed by atoms with E-state index in [1.807, 2.05) is 11.8 Å². The topological polar surface area (TPSA) is 54.5 Å². The molecular weight excluding hydrogens is 254 g/mol. The highest BCUT2D eigenvalue weighted by Gasteiger charge is 2.61. The summed E-state index contributed by atoms with van der Waals surface area (Å²) in [7, 11) is 0.